The molecule has 70 valence electrons. The van der Waals surface area contributed by atoms with Crippen molar-refractivity contribution in [2.45, 2.75) is 6.92 Å². The Balaban J connectivity index is 0.000000424. The number of methoxy groups -OCH3 is 1. The van der Waals surface area contributed by atoms with Crippen molar-refractivity contribution < 1.29 is 19.1 Å². The first-order chi connectivity index (χ1) is 6.17. The molecule has 1 aromatic rings. The highest BCUT2D eigenvalue weighted by atomic mass is 16.5. The smallest absolute Gasteiger partial charge is 0.373 e. The molecule has 0 spiro atoms. The maximum absolute atomic E-state index is 10.8. The van der Waals surface area contributed by atoms with Gasteiger partial charge in [0.15, 0.2) is 0 Å². The number of nitrogens with one attached hydrogen (secondary N) is 1. The van der Waals surface area contributed by atoms with Crippen LogP contribution in [0.3, 0.4) is 0 Å². The van der Waals surface area contributed by atoms with Gasteiger partial charge in [-0.15, -0.1) is 0 Å². The van der Waals surface area contributed by atoms with Gasteiger partial charge in [0, 0.05) is 5.69 Å². The average molecular weight is 184 g/mol. The van der Waals surface area contributed by atoms with Gasteiger partial charge in [-0.3, -0.25) is 5.10 Å². The molecule has 0 radical (unpaired) electrons. The summed E-state index contributed by atoms with van der Waals surface area (Å²) in [6.07, 6.45) is 1.70. The van der Waals surface area contributed by atoms with E-state index in [4.69, 9.17) is 9.59 Å². The second kappa shape index (κ2) is 5.68. The number of hydrogen-bond acceptors (Lipinski definition) is 5. The minimum atomic E-state index is -0.355. The zero-order chi connectivity index (χ0) is 10.3. The van der Waals surface area contributed by atoms with Crippen LogP contribution in [0.1, 0.15) is 16.1 Å². The molecule has 0 saturated carbocycles. The van der Waals surface area contributed by atoms with Crippen molar-refractivity contribution >= 4 is 12.1 Å². The standard InChI is InChI=1S/C6H8N2O2.CO2/c1-4-5(3-7-8-4)6(9)10-2;2-1-3/h3H,1-2H3,(H,7,8);. The van der Waals surface area contributed by atoms with Crippen molar-refractivity contribution in [1.29, 1.82) is 0 Å². The summed E-state index contributed by atoms with van der Waals surface area (Å²) in [5.74, 6) is -0.355. The fraction of sp³-hybridized carbons (Fsp3) is 0.286. The number of rotatable bonds is 1. The molecule has 1 rings (SSSR count). The highest BCUT2D eigenvalue weighted by Gasteiger charge is 2.09. The normalized spacial score (nSPS) is 7.85. The SMILES string of the molecule is COC(=O)c1cn[nH]c1C.O=C=O. The van der Waals surface area contributed by atoms with Gasteiger partial charge in [-0.1, -0.05) is 0 Å². The van der Waals surface area contributed by atoms with Crippen LogP contribution < -0.4 is 0 Å². The van der Waals surface area contributed by atoms with Crippen molar-refractivity contribution in [3.8, 4) is 0 Å². The predicted octanol–water partition coefficient (Wildman–Crippen LogP) is -0.0788. The Labute approximate surface area is 73.9 Å². The van der Waals surface area contributed by atoms with Gasteiger partial charge in [0.2, 0.25) is 0 Å². The lowest BCUT2D eigenvalue weighted by Gasteiger charge is -1.93. The van der Waals surface area contributed by atoms with E-state index < -0.39 is 0 Å². The Morgan fingerprint density at radius 1 is 1.62 bits per heavy atom. The summed E-state index contributed by atoms with van der Waals surface area (Å²) in [5, 5.41) is 6.30. The summed E-state index contributed by atoms with van der Waals surface area (Å²) in [6.45, 7) is 1.76. The van der Waals surface area contributed by atoms with Crippen LogP contribution >= 0.6 is 0 Å². The van der Waals surface area contributed by atoms with E-state index in [2.05, 4.69) is 14.9 Å². The molecule has 0 unspecified atom stereocenters. The van der Waals surface area contributed by atoms with E-state index in [0.29, 0.717) is 5.56 Å². The minimum absolute atomic E-state index is 0.250. The number of carbonyl (C=O) groups is 1. The van der Waals surface area contributed by atoms with Crippen molar-refractivity contribution in [3.63, 3.8) is 0 Å². The van der Waals surface area contributed by atoms with Gasteiger partial charge in [0.25, 0.3) is 0 Å². The first-order valence-electron chi connectivity index (χ1n) is 3.25. The van der Waals surface area contributed by atoms with E-state index in [-0.39, 0.29) is 12.1 Å². The van der Waals surface area contributed by atoms with Crippen LogP contribution in [0.4, 0.5) is 0 Å². The average Bonchev–Trinajstić information content (AvgIpc) is 2.52. The van der Waals surface area contributed by atoms with E-state index >= 15 is 0 Å². The summed E-state index contributed by atoms with van der Waals surface area (Å²) in [7, 11) is 1.34. The number of carbonyl (C=O) groups excluding carboxylic acids is 3. The molecule has 0 amide bonds. The summed E-state index contributed by atoms with van der Waals surface area (Å²) >= 11 is 0. The summed E-state index contributed by atoms with van der Waals surface area (Å²) in [5.41, 5.74) is 1.22. The van der Waals surface area contributed by atoms with Crippen LogP contribution in [-0.4, -0.2) is 29.4 Å². The van der Waals surface area contributed by atoms with Gasteiger partial charge < -0.3 is 4.74 Å². The molecule has 0 aliphatic heterocycles. The fourth-order valence-corrected chi connectivity index (χ4v) is 0.666. The highest BCUT2D eigenvalue weighted by molar-refractivity contribution is 5.90. The van der Waals surface area contributed by atoms with Gasteiger partial charge >= 0.3 is 12.1 Å². The Bertz CT molecular complexity index is 312. The van der Waals surface area contributed by atoms with E-state index in [1.54, 1.807) is 6.92 Å². The van der Waals surface area contributed by atoms with Crippen LogP contribution in [0.2, 0.25) is 0 Å². The molecule has 1 aromatic heterocycles. The van der Waals surface area contributed by atoms with Gasteiger partial charge in [0.1, 0.15) is 5.56 Å². The number of nitrogens with zero attached hydrogens (tertiary/aromatic N) is 1. The molecular weight excluding hydrogens is 176 g/mol. The summed E-state index contributed by atoms with van der Waals surface area (Å²) < 4.78 is 4.48. The molecule has 13 heavy (non-hydrogen) atoms. The lowest BCUT2D eigenvalue weighted by atomic mass is 10.3. The third-order valence-corrected chi connectivity index (χ3v) is 1.24. The number of aromatic nitrogens is 2. The molecule has 0 aliphatic carbocycles. The largest absolute Gasteiger partial charge is 0.465 e. The maximum Gasteiger partial charge on any atom is 0.373 e. The fourth-order valence-electron chi connectivity index (χ4n) is 0.666. The van der Waals surface area contributed by atoms with Gasteiger partial charge in [0.05, 0.1) is 13.3 Å². The van der Waals surface area contributed by atoms with Crippen LogP contribution in [0, 0.1) is 6.92 Å². The van der Waals surface area contributed by atoms with Crippen LogP contribution in [-0.2, 0) is 14.3 Å². The lowest BCUT2D eigenvalue weighted by molar-refractivity contribution is -0.191. The molecule has 0 atom stereocenters. The number of esters is 1. The molecule has 0 fully saturated rings. The maximum atomic E-state index is 10.8. The Morgan fingerprint density at radius 2 is 2.15 bits per heavy atom. The lowest BCUT2D eigenvalue weighted by Crippen LogP contribution is -2.00. The molecule has 6 heteroatoms. The van der Waals surface area contributed by atoms with Gasteiger partial charge in [-0.05, 0) is 6.92 Å². The van der Waals surface area contributed by atoms with Crippen molar-refractivity contribution in [2.75, 3.05) is 7.11 Å². The molecule has 1 heterocycles. The monoisotopic (exact) mass is 184 g/mol. The highest BCUT2D eigenvalue weighted by Crippen LogP contribution is 2.02. The van der Waals surface area contributed by atoms with E-state index in [1.807, 2.05) is 0 Å². The number of H-pyrrole nitrogens is 1. The quantitative estimate of drug-likeness (QED) is 0.616. The zero-order valence-electron chi connectivity index (χ0n) is 7.16. The molecule has 1 N–H and O–H groups in total. The zero-order valence-corrected chi connectivity index (χ0v) is 7.16. The molecular formula is C7H8N2O4. The number of ether oxygens (including phenoxy) is 1. The van der Waals surface area contributed by atoms with Crippen molar-refractivity contribution in [1.82, 2.24) is 10.2 Å². The topological polar surface area (TPSA) is 89.1 Å². The van der Waals surface area contributed by atoms with Crippen LogP contribution in [0.15, 0.2) is 6.20 Å². The number of hydrogen-bond donors (Lipinski definition) is 1. The molecule has 0 aromatic carbocycles. The molecule has 0 saturated heterocycles. The second-order valence-electron chi connectivity index (χ2n) is 1.98. The number of aryl methyl sites for hydroxylation is 1. The van der Waals surface area contributed by atoms with E-state index in [0.717, 1.165) is 5.69 Å². The first-order valence-corrected chi connectivity index (χ1v) is 3.25. The molecule has 0 bridgehead atoms. The van der Waals surface area contributed by atoms with E-state index in [1.165, 1.54) is 13.3 Å². The van der Waals surface area contributed by atoms with Crippen molar-refractivity contribution in [2.24, 2.45) is 0 Å². The van der Waals surface area contributed by atoms with Crippen molar-refractivity contribution in [3.05, 3.63) is 17.5 Å². The third-order valence-electron chi connectivity index (χ3n) is 1.24. The third kappa shape index (κ3) is 3.31. The molecule has 0 aliphatic rings. The van der Waals surface area contributed by atoms with Gasteiger partial charge in [-0.2, -0.15) is 14.7 Å². The molecule has 6 nitrogen and oxygen atoms in total. The Hall–Kier alpha value is -1.94. The minimum Gasteiger partial charge on any atom is -0.465 e. The van der Waals surface area contributed by atoms with Gasteiger partial charge in [-0.25, -0.2) is 4.79 Å². The first kappa shape index (κ1) is 11.1. The summed E-state index contributed by atoms with van der Waals surface area (Å²) in [6, 6.07) is 0. The van der Waals surface area contributed by atoms with Crippen LogP contribution in [0.25, 0.3) is 0 Å². The number of aromatic amines is 1. The van der Waals surface area contributed by atoms with Crippen LogP contribution in [0.5, 0.6) is 0 Å². The van der Waals surface area contributed by atoms with E-state index in [9.17, 15) is 4.79 Å². The predicted molar refractivity (Wildman–Crippen MR) is 39.7 cm³/mol. The Morgan fingerprint density at radius 3 is 2.46 bits per heavy atom. The summed E-state index contributed by atoms with van der Waals surface area (Å²) in [4.78, 5) is 27.1. The Kier molecular flexibility index (Phi) is 4.83. The second-order valence-corrected chi connectivity index (χ2v) is 1.98.